The van der Waals surface area contributed by atoms with Gasteiger partial charge in [-0.15, -0.1) is 10.2 Å². The van der Waals surface area contributed by atoms with Gasteiger partial charge in [0.15, 0.2) is 5.16 Å². The number of carbonyl (C=O) groups is 2. The first kappa shape index (κ1) is 22.7. The zero-order valence-electron chi connectivity index (χ0n) is 18.3. The Morgan fingerprint density at radius 1 is 1.12 bits per heavy atom. The van der Waals surface area contributed by atoms with Gasteiger partial charge in [0.25, 0.3) is 0 Å². The molecule has 174 valence electrons. The van der Waals surface area contributed by atoms with E-state index in [1.165, 1.54) is 18.2 Å². The molecule has 1 aliphatic rings. The van der Waals surface area contributed by atoms with E-state index >= 15 is 0 Å². The van der Waals surface area contributed by atoms with Crippen LogP contribution in [-0.2, 0) is 11.3 Å². The van der Waals surface area contributed by atoms with E-state index in [1.54, 1.807) is 37.6 Å². The molecule has 1 fully saturated rings. The van der Waals surface area contributed by atoms with Crippen LogP contribution in [0.1, 0.15) is 25.0 Å². The number of furan rings is 1. The van der Waals surface area contributed by atoms with E-state index < -0.39 is 11.9 Å². The van der Waals surface area contributed by atoms with Gasteiger partial charge in [0.05, 0.1) is 25.7 Å². The number of amides is 3. The third-order valence-electron chi connectivity index (χ3n) is 5.16. The van der Waals surface area contributed by atoms with E-state index in [4.69, 9.17) is 9.15 Å². The van der Waals surface area contributed by atoms with Gasteiger partial charge >= 0.3 is 6.03 Å². The summed E-state index contributed by atoms with van der Waals surface area (Å²) in [4.78, 5) is 26.7. The molecule has 11 heteroatoms. The van der Waals surface area contributed by atoms with Crippen LogP contribution < -0.4 is 20.3 Å². The van der Waals surface area contributed by atoms with Crippen molar-refractivity contribution in [2.75, 3.05) is 36.2 Å². The number of aromatic nitrogens is 3. The fourth-order valence-corrected chi connectivity index (χ4v) is 4.27. The summed E-state index contributed by atoms with van der Waals surface area (Å²) in [5.74, 6) is 1.81. The molecule has 0 spiro atoms. The van der Waals surface area contributed by atoms with Crippen LogP contribution in [0.15, 0.2) is 52.2 Å². The highest BCUT2D eigenvalue weighted by molar-refractivity contribution is 7.99. The van der Waals surface area contributed by atoms with E-state index in [-0.39, 0.29) is 5.75 Å². The number of thioether (sulfide) groups is 1. The predicted octanol–water partition coefficient (Wildman–Crippen LogP) is 3.36. The summed E-state index contributed by atoms with van der Waals surface area (Å²) >= 11 is 1.23. The Bertz CT molecular complexity index is 1060. The maximum Gasteiger partial charge on any atom is 0.325 e. The normalized spacial score (nSPS) is 13.5. The van der Waals surface area contributed by atoms with Gasteiger partial charge in [0, 0.05) is 18.8 Å². The molecule has 0 atom stereocenters. The van der Waals surface area contributed by atoms with E-state index in [1.807, 2.05) is 16.7 Å². The van der Waals surface area contributed by atoms with Crippen LogP contribution in [0.5, 0.6) is 5.75 Å². The largest absolute Gasteiger partial charge is 0.497 e. The molecular weight excluding hydrogens is 444 g/mol. The first-order chi connectivity index (χ1) is 16.1. The number of anilines is 2. The van der Waals surface area contributed by atoms with Crippen LogP contribution in [0.25, 0.3) is 0 Å². The minimum Gasteiger partial charge on any atom is -0.497 e. The lowest BCUT2D eigenvalue weighted by atomic mass is 10.1. The number of nitrogens with zero attached hydrogens (tertiary/aromatic N) is 4. The summed E-state index contributed by atoms with van der Waals surface area (Å²) in [6.45, 7) is 2.31. The summed E-state index contributed by atoms with van der Waals surface area (Å²) < 4.78 is 12.6. The number of methoxy groups -OCH3 is 1. The molecule has 0 saturated carbocycles. The van der Waals surface area contributed by atoms with Crippen LogP contribution in [0.2, 0.25) is 0 Å². The molecule has 0 unspecified atom stereocenters. The molecule has 3 heterocycles. The van der Waals surface area contributed by atoms with Crippen molar-refractivity contribution < 1.29 is 18.7 Å². The van der Waals surface area contributed by atoms with E-state index in [0.717, 1.165) is 37.6 Å². The van der Waals surface area contributed by atoms with Crippen molar-refractivity contribution >= 4 is 35.3 Å². The first-order valence-electron chi connectivity index (χ1n) is 10.7. The number of imide groups is 1. The zero-order valence-corrected chi connectivity index (χ0v) is 19.1. The number of benzene rings is 1. The maximum atomic E-state index is 12.4. The Labute approximate surface area is 195 Å². The third-order valence-corrected chi connectivity index (χ3v) is 6.13. The molecular formula is C22H26N6O4S. The Morgan fingerprint density at radius 3 is 2.61 bits per heavy atom. The lowest BCUT2D eigenvalue weighted by molar-refractivity contribution is -0.117. The van der Waals surface area contributed by atoms with Crippen molar-refractivity contribution in [1.29, 1.82) is 0 Å². The summed E-state index contributed by atoms with van der Waals surface area (Å²) in [5, 5.41) is 14.2. The van der Waals surface area contributed by atoms with Gasteiger partial charge in [-0.1, -0.05) is 11.8 Å². The molecule has 3 amide bonds. The minimum atomic E-state index is -0.600. The Balaban J connectivity index is 1.36. The smallest absolute Gasteiger partial charge is 0.325 e. The van der Waals surface area contributed by atoms with Crippen LogP contribution in [-0.4, -0.2) is 52.7 Å². The average molecular weight is 471 g/mol. The van der Waals surface area contributed by atoms with Gasteiger partial charge in [-0.2, -0.15) is 0 Å². The number of rotatable bonds is 8. The summed E-state index contributed by atoms with van der Waals surface area (Å²) in [6.07, 6.45) is 5.06. The zero-order chi connectivity index (χ0) is 23.0. The molecule has 3 aromatic rings. The van der Waals surface area contributed by atoms with Crippen molar-refractivity contribution in [3.8, 4) is 5.75 Å². The van der Waals surface area contributed by atoms with Gasteiger partial charge in [-0.3, -0.25) is 14.7 Å². The number of ether oxygens (including phenoxy) is 1. The molecule has 4 rings (SSSR count). The van der Waals surface area contributed by atoms with Crippen molar-refractivity contribution in [3.05, 3.63) is 48.4 Å². The number of hydrogen-bond donors (Lipinski definition) is 2. The quantitative estimate of drug-likeness (QED) is 0.482. The fraction of sp³-hybridized carbons (Fsp3) is 0.364. The SMILES string of the molecule is COc1ccc(NC(=O)NC(=O)CSc2nnc(N3CCCCC3)n2Cc2ccco2)cc1. The van der Waals surface area contributed by atoms with Crippen molar-refractivity contribution in [2.24, 2.45) is 0 Å². The Morgan fingerprint density at radius 2 is 1.91 bits per heavy atom. The predicted molar refractivity (Wildman–Crippen MR) is 125 cm³/mol. The van der Waals surface area contributed by atoms with Gasteiger partial charge in [-0.05, 0) is 55.7 Å². The molecule has 1 aromatic carbocycles. The molecule has 2 aromatic heterocycles. The van der Waals surface area contributed by atoms with E-state index in [2.05, 4.69) is 25.7 Å². The van der Waals surface area contributed by atoms with Crippen LogP contribution >= 0.6 is 11.8 Å². The van der Waals surface area contributed by atoms with Crippen LogP contribution in [0.4, 0.5) is 16.4 Å². The number of nitrogens with one attached hydrogen (secondary N) is 2. The molecule has 0 radical (unpaired) electrons. The van der Waals surface area contributed by atoms with Crippen molar-refractivity contribution in [2.45, 2.75) is 31.0 Å². The lowest BCUT2D eigenvalue weighted by Crippen LogP contribution is -2.35. The molecule has 0 bridgehead atoms. The highest BCUT2D eigenvalue weighted by Crippen LogP contribution is 2.25. The third kappa shape index (κ3) is 6.07. The van der Waals surface area contributed by atoms with E-state index in [9.17, 15) is 9.59 Å². The standard InChI is InChI=1S/C22H26N6O4S/c1-31-17-9-7-16(8-10-17)23-20(30)24-19(29)15-33-22-26-25-21(27-11-3-2-4-12-27)28(22)14-18-6-5-13-32-18/h5-10,13H,2-4,11-12,14-15H2,1H3,(H2,23,24,29,30). The van der Waals surface area contributed by atoms with E-state index in [0.29, 0.717) is 23.1 Å². The Kier molecular flexibility index (Phi) is 7.51. The minimum absolute atomic E-state index is 0.0202. The Hall–Kier alpha value is -3.47. The van der Waals surface area contributed by atoms with Crippen molar-refractivity contribution in [3.63, 3.8) is 0 Å². The molecule has 1 saturated heterocycles. The lowest BCUT2D eigenvalue weighted by Gasteiger charge is -2.27. The number of piperidine rings is 1. The van der Waals surface area contributed by atoms with Crippen molar-refractivity contribution in [1.82, 2.24) is 20.1 Å². The summed E-state index contributed by atoms with van der Waals surface area (Å²) in [6, 6.07) is 9.95. The first-order valence-corrected chi connectivity index (χ1v) is 11.7. The maximum absolute atomic E-state index is 12.4. The molecule has 1 aliphatic heterocycles. The van der Waals surface area contributed by atoms with Gasteiger partial charge in [-0.25, -0.2) is 4.79 Å². The molecule has 33 heavy (non-hydrogen) atoms. The van der Waals surface area contributed by atoms with Gasteiger partial charge in [0.1, 0.15) is 11.5 Å². The fourth-order valence-electron chi connectivity index (χ4n) is 3.54. The average Bonchev–Trinajstić information content (AvgIpc) is 3.49. The summed E-state index contributed by atoms with van der Waals surface area (Å²) in [7, 11) is 1.57. The molecule has 10 nitrogen and oxygen atoms in total. The number of hydrogen-bond acceptors (Lipinski definition) is 8. The second kappa shape index (κ2) is 10.9. The van der Waals surface area contributed by atoms with Gasteiger partial charge in [0.2, 0.25) is 11.9 Å². The molecule has 0 aliphatic carbocycles. The second-order valence-electron chi connectivity index (χ2n) is 7.52. The highest BCUT2D eigenvalue weighted by Gasteiger charge is 2.22. The second-order valence-corrected chi connectivity index (χ2v) is 8.46. The van der Waals surface area contributed by atoms with Crippen LogP contribution in [0, 0.1) is 0 Å². The number of urea groups is 1. The molecule has 2 N–H and O–H groups in total. The van der Waals surface area contributed by atoms with Gasteiger partial charge < -0.3 is 19.4 Å². The number of carbonyl (C=O) groups excluding carboxylic acids is 2. The monoisotopic (exact) mass is 470 g/mol. The highest BCUT2D eigenvalue weighted by atomic mass is 32.2. The summed E-state index contributed by atoms with van der Waals surface area (Å²) in [5.41, 5.74) is 0.554. The topological polar surface area (TPSA) is 115 Å². The van der Waals surface area contributed by atoms with Crippen LogP contribution in [0.3, 0.4) is 0 Å².